The number of pyridine rings is 2. The van der Waals surface area contributed by atoms with Crippen LogP contribution < -0.4 is 0 Å². The van der Waals surface area contributed by atoms with Crippen LogP contribution in [0.2, 0.25) is 0 Å². The van der Waals surface area contributed by atoms with E-state index in [1.54, 1.807) is 18.3 Å². The van der Waals surface area contributed by atoms with Crippen LogP contribution in [-0.2, 0) is 17.4 Å². The van der Waals surface area contributed by atoms with E-state index in [0.29, 0.717) is 24.1 Å². The minimum atomic E-state index is -4.51. The lowest BCUT2D eigenvalue weighted by atomic mass is 10.1. The quantitative estimate of drug-likeness (QED) is 0.817. The van der Waals surface area contributed by atoms with E-state index in [0.717, 1.165) is 12.3 Å². The van der Waals surface area contributed by atoms with Gasteiger partial charge in [0.1, 0.15) is 5.69 Å². The molecule has 0 aliphatic carbocycles. The number of alkyl halides is 3. The zero-order valence-electron chi connectivity index (χ0n) is 14.3. The summed E-state index contributed by atoms with van der Waals surface area (Å²) in [6.07, 6.45) is -0.610. The second-order valence-corrected chi connectivity index (χ2v) is 5.87. The van der Waals surface area contributed by atoms with Crippen molar-refractivity contribution in [3.63, 3.8) is 0 Å². The van der Waals surface area contributed by atoms with Crippen LogP contribution in [0, 0.1) is 0 Å². The van der Waals surface area contributed by atoms with E-state index in [1.807, 2.05) is 6.92 Å². The van der Waals surface area contributed by atoms with Gasteiger partial charge in [-0.2, -0.15) is 13.2 Å². The lowest BCUT2D eigenvalue weighted by Gasteiger charge is -2.25. The van der Waals surface area contributed by atoms with Crippen LogP contribution in [0.25, 0.3) is 0 Å². The number of aliphatic hydroxyl groups excluding tert-OH is 1. The average molecular weight is 367 g/mol. The summed E-state index contributed by atoms with van der Waals surface area (Å²) in [6.45, 7) is 2.42. The molecule has 0 aromatic carbocycles. The summed E-state index contributed by atoms with van der Waals surface area (Å²) >= 11 is 0. The molecule has 5 nitrogen and oxygen atoms in total. The molecule has 0 bridgehead atoms. The number of amides is 1. The molecule has 0 saturated heterocycles. The fourth-order valence-electron chi connectivity index (χ4n) is 2.46. The standard InChI is InChI=1S/C18H20F3N3O2/c1-2-8-24(12-15(25)14-4-3-7-22-11-14)17(26)9-13-5-6-16(23-10-13)18(19,20)21/h3-7,10-11,15,25H,2,8-9,12H2,1H3. The van der Waals surface area contributed by atoms with Gasteiger partial charge in [-0.05, 0) is 24.1 Å². The maximum absolute atomic E-state index is 12.5. The molecule has 0 fully saturated rings. The Morgan fingerprint density at radius 3 is 2.58 bits per heavy atom. The van der Waals surface area contributed by atoms with Gasteiger partial charge in [-0.1, -0.05) is 19.1 Å². The van der Waals surface area contributed by atoms with Crippen LogP contribution in [-0.4, -0.2) is 39.0 Å². The molecule has 0 saturated carbocycles. The summed E-state index contributed by atoms with van der Waals surface area (Å²) in [7, 11) is 0. The summed E-state index contributed by atoms with van der Waals surface area (Å²) in [5.41, 5.74) is -0.0105. The Morgan fingerprint density at radius 2 is 2.04 bits per heavy atom. The van der Waals surface area contributed by atoms with Crippen molar-refractivity contribution < 1.29 is 23.1 Å². The van der Waals surface area contributed by atoms with Crippen molar-refractivity contribution in [1.82, 2.24) is 14.9 Å². The number of aliphatic hydroxyl groups is 1. The van der Waals surface area contributed by atoms with E-state index in [2.05, 4.69) is 9.97 Å². The van der Waals surface area contributed by atoms with Crippen molar-refractivity contribution in [3.8, 4) is 0 Å². The number of aromatic nitrogens is 2. The summed E-state index contributed by atoms with van der Waals surface area (Å²) in [4.78, 5) is 21.3. The van der Waals surface area contributed by atoms with Crippen LogP contribution in [0.15, 0.2) is 42.9 Å². The first kappa shape index (κ1) is 19.8. The normalized spacial score (nSPS) is 12.7. The number of carbonyl (C=O) groups is 1. The molecule has 0 aliphatic heterocycles. The van der Waals surface area contributed by atoms with Gasteiger partial charge in [-0.25, -0.2) is 0 Å². The molecule has 8 heteroatoms. The predicted octanol–water partition coefficient (Wildman–Crippen LogP) is 3.01. The van der Waals surface area contributed by atoms with E-state index in [-0.39, 0.29) is 18.9 Å². The van der Waals surface area contributed by atoms with Gasteiger partial charge in [0.2, 0.25) is 5.91 Å². The molecule has 140 valence electrons. The van der Waals surface area contributed by atoms with E-state index in [4.69, 9.17) is 0 Å². The summed E-state index contributed by atoms with van der Waals surface area (Å²) in [5.74, 6) is -0.281. The van der Waals surface area contributed by atoms with Gasteiger partial charge >= 0.3 is 6.18 Å². The van der Waals surface area contributed by atoms with Gasteiger partial charge in [0.25, 0.3) is 0 Å². The lowest BCUT2D eigenvalue weighted by Crippen LogP contribution is -2.36. The van der Waals surface area contributed by atoms with Gasteiger partial charge in [0, 0.05) is 30.7 Å². The summed E-state index contributed by atoms with van der Waals surface area (Å²) in [5, 5.41) is 10.3. The first-order valence-corrected chi connectivity index (χ1v) is 8.19. The van der Waals surface area contributed by atoms with Gasteiger partial charge in [-0.15, -0.1) is 0 Å². The Bertz CT molecular complexity index is 706. The van der Waals surface area contributed by atoms with Crippen LogP contribution in [0.3, 0.4) is 0 Å². The molecule has 2 rings (SSSR count). The number of hydrogen-bond acceptors (Lipinski definition) is 4. The molecule has 1 N–H and O–H groups in total. The number of carbonyl (C=O) groups excluding carboxylic acids is 1. The molecule has 0 aliphatic rings. The SMILES string of the molecule is CCCN(CC(O)c1cccnc1)C(=O)Cc1ccc(C(F)(F)F)nc1. The number of nitrogens with zero attached hydrogens (tertiary/aromatic N) is 3. The maximum Gasteiger partial charge on any atom is 0.433 e. The zero-order chi connectivity index (χ0) is 19.2. The fraction of sp³-hybridized carbons (Fsp3) is 0.389. The van der Waals surface area contributed by atoms with Crippen molar-refractivity contribution in [3.05, 3.63) is 59.7 Å². The first-order valence-electron chi connectivity index (χ1n) is 8.19. The Morgan fingerprint density at radius 1 is 1.27 bits per heavy atom. The second kappa shape index (κ2) is 8.75. The van der Waals surface area contributed by atoms with Crippen LogP contribution in [0.1, 0.15) is 36.3 Å². The number of rotatable bonds is 7. The van der Waals surface area contributed by atoms with E-state index in [1.165, 1.54) is 17.2 Å². The molecule has 2 aromatic heterocycles. The molecule has 0 radical (unpaired) electrons. The Hall–Kier alpha value is -2.48. The topological polar surface area (TPSA) is 66.3 Å². The largest absolute Gasteiger partial charge is 0.433 e. The van der Waals surface area contributed by atoms with Crippen molar-refractivity contribution in [2.75, 3.05) is 13.1 Å². The van der Waals surface area contributed by atoms with Crippen LogP contribution >= 0.6 is 0 Å². The minimum Gasteiger partial charge on any atom is -0.386 e. The molecule has 26 heavy (non-hydrogen) atoms. The third-order valence-electron chi connectivity index (χ3n) is 3.78. The second-order valence-electron chi connectivity index (χ2n) is 5.87. The van der Waals surface area contributed by atoms with Crippen molar-refractivity contribution in [1.29, 1.82) is 0 Å². The molecule has 2 aromatic rings. The minimum absolute atomic E-state index is 0.0785. The van der Waals surface area contributed by atoms with Crippen molar-refractivity contribution in [2.45, 2.75) is 32.0 Å². The summed E-state index contributed by atoms with van der Waals surface area (Å²) < 4.78 is 37.6. The first-order chi connectivity index (χ1) is 12.3. The number of halogens is 3. The van der Waals surface area contributed by atoms with Crippen molar-refractivity contribution >= 4 is 5.91 Å². The molecule has 1 atom stereocenters. The van der Waals surface area contributed by atoms with Gasteiger partial charge in [-0.3, -0.25) is 14.8 Å². The average Bonchev–Trinajstić information content (AvgIpc) is 2.61. The van der Waals surface area contributed by atoms with Gasteiger partial charge < -0.3 is 10.0 Å². The van der Waals surface area contributed by atoms with Gasteiger partial charge in [0.15, 0.2) is 0 Å². The molecule has 1 unspecified atom stereocenters. The Balaban J connectivity index is 2.03. The molecular formula is C18H20F3N3O2. The smallest absolute Gasteiger partial charge is 0.386 e. The third-order valence-corrected chi connectivity index (χ3v) is 3.78. The fourth-order valence-corrected chi connectivity index (χ4v) is 2.46. The highest BCUT2D eigenvalue weighted by molar-refractivity contribution is 5.78. The molecule has 0 spiro atoms. The van der Waals surface area contributed by atoms with Crippen LogP contribution in [0.4, 0.5) is 13.2 Å². The zero-order valence-corrected chi connectivity index (χ0v) is 14.3. The predicted molar refractivity (Wildman–Crippen MR) is 89.0 cm³/mol. The van der Waals surface area contributed by atoms with Crippen LogP contribution in [0.5, 0.6) is 0 Å². The van der Waals surface area contributed by atoms with Crippen molar-refractivity contribution in [2.24, 2.45) is 0 Å². The van der Waals surface area contributed by atoms with E-state index < -0.39 is 18.0 Å². The highest BCUT2D eigenvalue weighted by Gasteiger charge is 2.32. The monoisotopic (exact) mass is 367 g/mol. The Kier molecular flexibility index (Phi) is 6.68. The highest BCUT2D eigenvalue weighted by Crippen LogP contribution is 2.27. The maximum atomic E-state index is 12.5. The highest BCUT2D eigenvalue weighted by atomic mass is 19.4. The number of hydrogen-bond donors (Lipinski definition) is 1. The van der Waals surface area contributed by atoms with E-state index >= 15 is 0 Å². The van der Waals surface area contributed by atoms with Gasteiger partial charge in [0.05, 0.1) is 19.1 Å². The molecular weight excluding hydrogens is 347 g/mol. The third kappa shape index (κ3) is 5.52. The Labute approximate surface area is 149 Å². The summed E-state index contributed by atoms with van der Waals surface area (Å²) in [6, 6.07) is 5.51. The molecule has 1 amide bonds. The lowest BCUT2D eigenvalue weighted by molar-refractivity contribution is -0.141. The molecule has 2 heterocycles. The van der Waals surface area contributed by atoms with E-state index in [9.17, 15) is 23.1 Å².